The van der Waals surface area contributed by atoms with Gasteiger partial charge < -0.3 is 18.9 Å². The van der Waals surface area contributed by atoms with Gasteiger partial charge in [0, 0.05) is 4.88 Å². The minimum absolute atomic E-state index is 0.130. The Kier molecular flexibility index (Phi) is 6.35. The number of amides is 1. The molecule has 0 unspecified atom stereocenters. The standard InChI is InChI=1S/C22H24N2O5S/c1-27-22(26)20-17-8-2-3-9-18(17)30-21(20)23-19(25)14-24(12-15-6-4-10-28-15)13-16-7-5-11-29-16/h4-7,10-11H,2-3,8-9,12-14H2,1H3,(H,23,25). The molecule has 1 aliphatic rings. The van der Waals surface area contributed by atoms with E-state index in [9.17, 15) is 9.59 Å². The van der Waals surface area contributed by atoms with Crippen LogP contribution in [0.1, 0.15) is 45.2 Å². The van der Waals surface area contributed by atoms with Crippen molar-refractivity contribution in [3.8, 4) is 0 Å². The van der Waals surface area contributed by atoms with E-state index in [4.69, 9.17) is 13.6 Å². The fourth-order valence-electron chi connectivity index (χ4n) is 3.75. The normalized spacial score (nSPS) is 13.3. The molecule has 8 heteroatoms. The molecule has 0 fully saturated rings. The summed E-state index contributed by atoms with van der Waals surface area (Å²) in [6.07, 6.45) is 7.14. The minimum Gasteiger partial charge on any atom is -0.468 e. The highest BCUT2D eigenvalue weighted by molar-refractivity contribution is 7.17. The topological polar surface area (TPSA) is 84.9 Å². The second kappa shape index (κ2) is 9.32. The maximum atomic E-state index is 12.9. The average Bonchev–Trinajstić information content (AvgIpc) is 3.48. The molecule has 3 aromatic rings. The van der Waals surface area contributed by atoms with E-state index in [1.165, 1.54) is 23.3 Å². The highest BCUT2D eigenvalue weighted by atomic mass is 32.1. The molecule has 0 saturated heterocycles. The molecule has 0 radical (unpaired) electrons. The number of anilines is 1. The largest absolute Gasteiger partial charge is 0.468 e. The summed E-state index contributed by atoms with van der Waals surface area (Å²) in [4.78, 5) is 28.4. The number of rotatable bonds is 8. The van der Waals surface area contributed by atoms with Crippen molar-refractivity contribution in [2.75, 3.05) is 19.0 Å². The van der Waals surface area contributed by atoms with Crippen LogP contribution in [0.2, 0.25) is 0 Å². The van der Waals surface area contributed by atoms with Gasteiger partial charge in [-0.3, -0.25) is 9.69 Å². The lowest BCUT2D eigenvalue weighted by molar-refractivity contribution is -0.117. The van der Waals surface area contributed by atoms with Crippen molar-refractivity contribution < 1.29 is 23.2 Å². The van der Waals surface area contributed by atoms with E-state index in [1.807, 2.05) is 29.2 Å². The van der Waals surface area contributed by atoms with E-state index in [0.29, 0.717) is 23.7 Å². The fraction of sp³-hybridized carbons (Fsp3) is 0.364. The van der Waals surface area contributed by atoms with Crippen molar-refractivity contribution in [1.82, 2.24) is 4.90 Å². The smallest absolute Gasteiger partial charge is 0.341 e. The van der Waals surface area contributed by atoms with Gasteiger partial charge in [0.1, 0.15) is 16.5 Å². The van der Waals surface area contributed by atoms with Crippen LogP contribution in [-0.4, -0.2) is 30.4 Å². The Hall–Kier alpha value is -2.84. The first-order valence-corrected chi connectivity index (χ1v) is 10.8. The number of hydrogen-bond acceptors (Lipinski definition) is 7. The first-order valence-electron chi connectivity index (χ1n) is 9.94. The first-order chi connectivity index (χ1) is 14.6. The van der Waals surface area contributed by atoms with Gasteiger partial charge in [-0.1, -0.05) is 0 Å². The van der Waals surface area contributed by atoms with E-state index in [0.717, 1.165) is 42.8 Å². The number of methoxy groups -OCH3 is 1. The third-order valence-electron chi connectivity index (χ3n) is 5.10. The Balaban J connectivity index is 1.50. The molecule has 1 N–H and O–H groups in total. The van der Waals surface area contributed by atoms with Gasteiger partial charge in [-0.25, -0.2) is 4.79 Å². The van der Waals surface area contributed by atoms with Gasteiger partial charge >= 0.3 is 5.97 Å². The number of thiophene rings is 1. The Morgan fingerprint density at radius 2 is 1.77 bits per heavy atom. The number of esters is 1. The number of carbonyl (C=O) groups excluding carboxylic acids is 2. The molecule has 0 aromatic carbocycles. The molecule has 3 aromatic heterocycles. The summed E-state index contributed by atoms with van der Waals surface area (Å²) in [5, 5.41) is 3.53. The van der Waals surface area contributed by atoms with Crippen LogP contribution in [0.3, 0.4) is 0 Å². The fourth-order valence-corrected chi connectivity index (χ4v) is 5.05. The van der Waals surface area contributed by atoms with Gasteiger partial charge in [-0.2, -0.15) is 0 Å². The van der Waals surface area contributed by atoms with Gasteiger partial charge in [-0.05, 0) is 55.5 Å². The number of aryl methyl sites for hydroxylation is 1. The van der Waals surface area contributed by atoms with Gasteiger partial charge in [0.25, 0.3) is 0 Å². The second-order valence-corrected chi connectivity index (χ2v) is 8.36. The molecule has 0 atom stereocenters. The third kappa shape index (κ3) is 4.66. The minimum atomic E-state index is -0.396. The molecular weight excluding hydrogens is 404 g/mol. The Morgan fingerprint density at radius 1 is 1.10 bits per heavy atom. The van der Waals surface area contributed by atoms with Crippen LogP contribution < -0.4 is 5.32 Å². The zero-order valence-corrected chi connectivity index (χ0v) is 17.6. The summed E-state index contributed by atoms with van der Waals surface area (Å²) in [5.41, 5.74) is 1.53. The van der Waals surface area contributed by atoms with Crippen molar-refractivity contribution in [3.63, 3.8) is 0 Å². The van der Waals surface area contributed by atoms with Crippen LogP contribution in [0.15, 0.2) is 45.6 Å². The average molecular weight is 429 g/mol. The summed E-state index contributed by atoms with van der Waals surface area (Å²) >= 11 is 1.48. The molecule has 0 bridgehead atoms. The number of hydrogen-bond donors (Lipinski definition) is 1. The van der Waals surface area contributed by atoms with Crippen LogP contribution in [0, 0.1) is 0 Å². The number of fused-ring (bicyclic) bond motifs is 1. The molecule has 0 saturated carbocycles. The summed E-state index contributed by atoms with van der Waals surface area (Å²) in [5.74, 6) is 0.928. The lowest BCUT2D eigenvalue weighted by Crippen LogP contribution is -2.32. The third-order valence-corrected chi connectivity index (χ3v) is 6.31. The Bertz CT molecular complexity index is 955. The van der Waals surface area contributed by atoms with Crippen LogP contribution in [0.5, 0.6) is 0 Å². The number of carbonyl (C=O) groups is 2. The molecule has 0 spiro atoms. The molecule has 1 aliphatic carbocycles. The summed E-state index contributed by atoms with van der Waals surface area (Å²) in [7, 11) is 1.37. The molecule has 0 aliphatic heterocycles. The highest BCUT2D eigenvalue weighted by Gasteiger charge is 2.27. The maximum absolute atomic E-state index is 12.9. The van der Waals surface area contributed by atoms with Gasteiger partial charge in [0.2, 0.25) is 5.91 Å². The quantitative estimate of drug-likeness (QED) is 0.540. The Morgan fingerprint density at radius 3 is 2.37 bits per heavy atom. The number of nitrogens with zero attached hydrogens (tertiary/aromatic N) is 1. The molecule has 30 heavy (non-hydrogen) atoms. The van der Waals surface area contributed by atoms with E-state index in [-0.39, 0.29) is 12.5 Å². The van der Waals surface area contributed by atoms with Crippen molar-refractivity contribution in [1.29, 1.82) is 0 Å². The summed E-state index contributed by atoms with van der Waals surface area (Å²) in [6, 6.07) is 7.38. The van der Waals surface area contributed by atoms with Crippen molar-refractivity contribution in [3.05, 3.63) is 64.3 Å². The highest BCUT2D eigenvalue weighted by Crippen LogP contribution is 2.38. The summed E-state index contributed by atoms with van der Waals surface area (Å²) < 4.78 is 15.9. The second-order valence-electron chi connectivity index (χ2n) is 7.26. The van der Waals surface area contributed by atoms with Crippen molar-refractivity contribution >= 4 is 28.2 Å². The molecule has 7 nitrogen and oxygen atoms in total. The first kappa shape index (κ1) is 20.4. The van der Waals surface area contributed by atoms with Gasteiger partial charge in [-0.15, -0.1) is 11.3 Å². The molecule has 1 amide bonds. The van der Waals surface area contributed by atoms with Crippen LogP contribution >= 0.6 is 11.3 Å². The van der Waals surface area contributed by atoms with E-state index in [1.54, 1.807) is 12.5 Å². The zero-order chi connectivity index (χ0) is 20.9. The molecule has 158 valence electrons. The van der Waals surface area contributed by atoms with Crippen LogP contribution in [-0.2, 0) is 35.5 Å². The van der Waals surface area contributed by atoms with Crippen molar-refractivity contribution in [2.24, 2.45) is 0 Å². The van der Waals surface area contributed by atoms with Crippen LogP contribution in [0.4, 0.5) is 5.00 Å². The zero-order valence-electron chi connectivity index (χ0n) is 16.8. The number of ether oxygens (including phenoxy) is 1. The van der Waals surface area contributed by atoms with Gasteiger partial charge in [0.05, 0.1) is 44.8 Å². The predicted octanol–water partition coefficient (Wildman–Crippen LogP) is 4.24. The lowest BCUT2D eigenvalue weighted by Gasteiger charge is -2.19. The SMILES string of the molecule is COC(=O)c1c(NC(=O)CN(Cc2ccco2)Cc2ccco2)sc2c1CCCC2. The molecule has 4 rings (SSSR count). The van der Waals surface area contributed by atoms with Gasteiger partial charge in [0.15, 0.2) is 0 Å². The number of nitrogens with one attached hydrogen (secondary N) is 1. The van der Waals surface area contributed by atoms with E-state index >= 15 is 0 Å². The van der Waals surface area contributed by atoms with E-state index in [2.05, 4.69) is 5.32 Å². The summed E-state index contributed by atoms with van der Waals surface area (Å²) in [6.45, 7) is 1.06. The lowest BCUT2D eigenvalue weighted by atomic mass is 9.95. The number of furan rings is 2. The predicted molar refractivity (Wildman–Crippen MR) is 112 cm³/mol. The monoisotopic (exact) mass is 428 g/mol. The van der Waals surface area contributed by atoms with E-state index < -0.39 is 5.97 Å². The Labute approximate surface area is 178 Å². The maximum Gasteiger partial charge on any atom is 0.341 e. The van der Waals surface area contributed by atoms with Crippen molar-refractivity contribution in [2.45, 2.75) is 38.8 Å². The molecular formula is C22H24N2O5S. The molecule has 3 heterocycles. The van der Waals surface area contributed by atoms with Crippen LogP contribution in [0.25, 0.3) is 0 Å².